The van der Waals surface area contributed by atoms with Crippen molar-refractivity contribution in [2.24, 2.45) is 7.05 Å². The molecule has 50 heavy (non-hydrogen) atoms. The number of carbonyl (C=O) groups is 1. The lowest BCUT2D eigenvalue weighted by atomic mass is 9.93. The van der Waals surface area contributed by atoms with Gasteiger partial charge in [0.15, 0.2) is 15.7 Å². The predicted molar refractivity (Wildman–Crippen MR) is 192 cm³/mol. The first-order valence-corrected chi connectivity index (χ1v) is 18.8. The fourth-order valence-electron chi connectivity index (χ4n) is 5.85. The quantitative estimate of drug-likeness (QED) is 0.120. The van der Waals surface area contributed by atoms with Crippen LogP contribution in [0.2, 0.25) is 5.02 Å². The molecule has 15 heteroatoms. The number of pyridine rings is 1. The van der Waals surface area contributed by atoms with Gasteiger partial charge in [0, 0.05) is 42.9 Å². The molecule has 260 valence electrons. The minimum Gasteiger partial charge on any atom is -0.346 e. The van der Waals surface area contributed by atoms with Crippen LogP contribution < -0.4 is 10.0 Å². The summed E-state index contributed by atoms with van der Waals surface area (Å²) in [5.41, 5.74) is 2.80. The maximum Gasteiger partial charge on any atom is 0.240 e. The summed E-state index contributed by atoms with van der Waals surface area (Å²) < 4.78 is 60.3. The highest BCUT2D eigenvalue weighted by Gasteiger charge is 2.45. The highest BCUT2D eigenvalue weighted by atomic mass is 35.5. The van der Waals surface area contributed by atoms with E-state index in [4.69, 9.17) is 16.6 Å². The van der Waals surface area contributed by atoms with Crippen LogP contribution in [0.4, 0.5) is 14.6 Å². The lowest BCUT2D eigenvalue weighted by Crippen LogP contribution is -2.34. The number of sulfone groups is 1. The molecule has 1 atom stereocenters. The number of hydrogen-bond donors (Lipinski definition) is 2. The van der Waals surface area contributed by atoms with Crippen LogP contribution in [-0.2, 0) is 34.6 Å². The first-order chi connectivity index (χ1) is 23.8. The summed E-state index contributed by atoms with van der Waals surface area (Å²) in [6.45, 7) is 3.08. The van der Waals surface area contributed by atoms with Crippen LogP contribution >= 0.6 is 23.5 Å². The van der Waals surface area contributed by atoms with Gasteiger partial charge in [-0.1, -0.05) is 35.5 Å². The number of benzene rings is 2. The third-order valence-corrected chi connectivity index (χ3v) is 12.0. The molecular weight excluding hydrogens is 704 g/mol. The molecular formula is C35H34ClF2N7O3S2. The van der Waals surface area contributed by atoms with E-state index >= 15 is 0 Å². The number of fused-ring (bicyclic) bond motifs is 1. The van der Waals surface area contributed by atoms with Crippen LogP contribution in [0.5, 0.6) is 0 Å². The average molecular weight is 738 g/mol. The van der Waals surface area contributed by atoms with Crippen molar-refractivity contribution in [3.05, 3.63) is 94.8 Å². The average Bonchev–Trinajstić information content (AvgIpc) is 3.71. The largest absolute Gasteiger partial charge is 0.346 e. The smallest absolute Gasteiger partial charge is 0.240 e. The number of aromatic nitrogens is 5. The Labute approximate surface area is 298 Å². The number of carbonyl (C=O) groups excluding carboxylic acids is 1. The summed E-state index contributed by atoms with van der Waals surface area (Å²) in [6, 6.07) is 9.28. The van der Waals surface area contributed by atoms with Crippen molar-refractivity contribution in [1.29, 1.82) is 0 Å². The number of nitrogens with zero attached hydrogens (tertiary/aromatic N) is 5. The minimum atomic E-state index is -3.51. The molecule has 0 spiro atoms. The van der Waals surface area contributed by atoms with E-state index in [0.29, 0.717) is 51.4 Å². The van der Waals surface area contributed by atoms with Gasteiger partial charge in [-0.3, -0.25) is 9.48 Å². The monoisotopic (exact) mass is 737 g/mol. The van der Waals surface area contributed by atoms with Crippen molar-refractivity contribution in [2.45, 2.75) is 55.7 Å². The van der Waals surface area contributed by atoms with E-state index < -0.39 is 43.4 Å². The number of imidazole rings is 1. The molecule has 1 fully saturated rings. The van der Waals surface area contributed by atoms with Crippen LogP contribution in [0.3, 0.4) is 0 Å². The number of aryl methyl sites for hydroxylation is 1. The van der Waals surface area contributed by atoms with Crippen molar-refractivity contribution >= 4 is 56.0 Å². The topological polar surface area (TPSA) is 124 Å². The Bertz CT molecular complexity index is 2240. The van der Waals surface area contributed by atoms with Gasteiger partial charge in [-0.25, -0.2) is 27.2 Å². The molecule has 0 bridgehead atoms. The number of anilines is 1. The van der Waals surface area contributed by atoms with E-state index in [1.165, 1.54) is 30.4 Å². The standard InChI is InChI=1S/C35H34ClF2N7O3S2/c1-35(2,50(47,48)25-6-7-25)12-11-24-5-8-26(27-9-10-28(36)31-33(27)44(3)42-34(31)43-49-4)32(40-24)29(17-21-15-22(37)18-23(38)16-21)41-30(46)19-45-14-13-39-20-45/h5,8-10,13-16,18,20,25,29H,6-7,17,19H2,1-4H3,(H,41,46)(H,42,43). The zero-order chi connectivity index (χ0) is 35.8. The highest BCUT2D eigenvalue weighted by molar-refractivity contribution is 7.99. The van der Waals surface area contributed by atoms with Crippen LogP contribution in [0, 0.1) is 23.5 Å². The molecule has 1 aliphatic carbocycles. The van der Waals surface area contributed by atoms with Crippen molar-refractivity contribution in [3.63, 3.8) is 0 Å². The number of rotatable bonds is 11. The summed E-state index contributed by atoms with van der Waals surface area (Å²) in [6.07, 6.45) is 7.75. The highest BCUT2D eigenvalue weighted by Crippen LogP contribution is 2.40. The van der Waals surface area contributed by atoms with Crippen molar-refractivity contribution in [2.75, 3.05) is 11.0 Å². The van der Waals surface area contributed by atoms with E-state index in [1.807, 2.05) is 12.3 Å². The van der Waals surface area contributed by atoms with Gasteiger partial charge in [-0.15, -0.1) is 0 Å². The third-order valence-electron chi connectivity index (χ3n) is 8.43. The number of amides is 1. The third kappa shape index (κ3) is 7.35. The lowest BCUT2D eigenvalue weighted by molar-refractivity contribution is -0.122. The van der Waals surface area contributed by atoms with Crippen LogP contribution in [0.1, 0.15) is 49.7 Å². The number of halogens is 3. The van der Waals surface area contributed by atoms with Gasteiger partial charge in [0.2, 0.25) is 5.91 Å². The first-order valence-electron chi connectivity index (χ1n) is 15.7. The molecule has 1 saturated carbocycles. The Hall–Kier alpha value is -4.45. The van der Waals surface area contributed by atoms with Gasteiger partial charge in [0.1, 0.15) is 28.6 Å². The molecule has 1 unspecified atom stereocenters. The van der Waals surface area contributed by atoms with Gasteiger partial charge in [0.25, 0.3) is 0 Å². The Morgan fingerprint density at radius 3 is 2.52 bits per heavy atom. The van der Waals surface area contributed by atoms with E-state index in [2.05, 4.69) is 32.0 Å². The van der Waals surface area contributed by atoms with Gasteiger partial charge < -0.3 is 14.6 Å². The zero-order valence-electron chi connectivity index (χ0n) is 27.7. The Kier molecular flexibility index (Phi) is 9.94. The van der Waals surface area contributed by atoms with Crippen LogP contribution in [0.15, 0.2) is 61.2 Å². The maximum absolute atomic E-state index is 14.4. The molecule has 2 N–H and O–H groups in total. The molecule has 0 radical (unpaired) electrons. The molecule has 1 amide bonds. The zero-order valence-corrected chi connectivity index (χ0v) is 30.1. The van der Waals surface area contributed by atoms with E-state index in [0.717, 1.165) is 6.07 Å². The second kappa shape index (κ2) is 14.0. The van der Waals surface area contributed by atoms with E-state index in [-0.39, 0.29) is 24.2 Å². The summed E-state index contributed by atoms with van der Waals surface area (Å²) in [4.78, 5) is 22.4. The van der Waals surface area contributed by atoms with Gasteiger partial charge in [-0.05, 0) is 74.9 Å². The molecule has 0 saturated heterocycles. The second-order valence-electron chi connectivity index (χ2n) is 12.6. The van der Waals surface area contributed by atoms with E-state index in [9.17, 15) is 22.0 Å². The van der Waals surface area contributed by atoms with Gasteiger partial charge >= 0.3 is 0 Å². The fourth-order valence-corrected chi connectivity index (χ4v) is 8.21. The van der Waals surface area contributed by atoms with Gasteiger partial charge in [-0.2, -0.15) is 5.10 Å². The molecule has 3 heterocycles. The number of hydrogen-bond acceptors (Lipinski definition) is 8. The predicted octanol–water partition coefficient (Wildman–Crippen LogP) is 6.26. The SMILES string of the molecule is CSNc1nn(C)c2c(-c3ccc(C#CC(C)(C)S(=O)(=O)C4CC4)nc3C(Cc3cc(F)cc(F)c3)NC(=O)Cn3ccnc3)ccc(Cl)c12. The molecule has 10 nitrogen and oxygen atoms in total. The summed E-state index contributed by atoms with van der Waals surface area (Å²) in [5, 5.41) is 8.37. The fraction of sp³-hybridized carbons (Fsp3) is 0.314. The second-order valence-corrected chi connectivity index (χ2v) is 16.4. The van der Waals surface area contributed by atoms with Crippen LogP contribution in [-0.4, -0.2) is 54.9 Å². The molecule has 5 aromatic rings. The van der Waals surface area contributed by atoms with Gasteiger partial charge in [0.05, 0.1) is 39.2 Å². The maximum atomic E-state index is 14.4. The van der Waals surface area contributed by atoms with Crippen molar-refractivity contribution in [1.82, 2.24) is 29.6 Å². The molecule has 0 aliphatic heterocycles. The lowest BCUT2D eigenvalue weighted by Gasteiger charge is -2.23. The summed E-state index contributed by atoms with van der Waals surface area (Å²) in [5.74, 6) is 4.50. The minimum absolute atomic E-state index is 0.0375. The van der Waals surface area contributed by atoms with Crippen LogP contribution in [0.25, 0.3) is 22.0 Å². The molecule has 2 aromatic carbocycles. The number of nitrogens with one attached hydrogen (secondary N) is 2. The Morgan fingerprint density at radius 1 is 1.14 bits per heavy atom. The summed E-state index contributed by atoms with van der Waals surface area (Å²) in [7, 11) is -1.72. The van der Waals surface area contributed by atoms with Crippen molar-refractivity contribution < 1.29 is 22.0 Å². The van der Waals surface area contributed by atoms with Crippen molar-refractivity contribution in [3.8, 4) is 23.0 Å². The Morgan fingerprint density at radius 2 is 1.86 bits per heavy atom. The molecule has 3 aromatic heterocycles. The van der Waals surface area contributed by atoms with E-state index in [1.54, 1.807) is 60.7 Å². The Balaban J connectivity index is 1.54. The molecule has 6 rings (SSSR count). The normalized spacial score (nSPS) is 13.9. The summed E-state index contributed by atoms with van der Waals surface area (Å²) >= 11 is 8.06. The first kappa shape index (κ1) is 35.4. The molecule has 1 aliphatic rings.